The van der Waals surface area contributed by atoms with Crippen molar-refractivity contribution in [3.63, 3.8) is 0 Å². The Kier molecular flexibility index (Phi) is 4.14. The first-order chi connectivity index (χ1) is 11.0. The Labute approximate surface area is 134 Å². The van der Waals surface area contributed by atoms with Crippen molar-refractivity contribution in [3.05, 3.63) is 53.4 Å². The van der Waals surface area contributed by atoms with E-state index in [4.69, 9.17) is 4.52 Å². The smallest absolute Gasteiger partial charge is 0.276 e. The molecule has 1 aliphatic heterocycles. The highest BCUT2D eigenvalue weighted by atomic mass is 16.5. The average molecular weight is 313 g/mol. The molecule has 1 N–H and O–H groups in total. The highest BCUT2D eigenvalue weighted by Crippen LogP contribution is 2.20. The lowest BCUT2D eigenvalue weighted by Gasteiger charge is -2.38. The standard InChI is InChI=1S/C17H19N3O3/c1-11-8-15(19-23-11)17(22)20-9-14(10-20)16(21)18-12(2)13-6-4-3-5-7-13/h3-8,12,14H,9-10H2,1-2H3,(H,18,21). The fraction of sp³-hybridized carbons (Fsp3) is 0.353. The second-order valence-corrected chi connectivity index (χ2v) is 5.87. The van der Waals surface area contributed by atoms with Crippen molar-refractivity contribution in [3.8, 4) is 0 Å². The van der Waals surface area contributed by atoms with Gasteiger partial charge in [-0.05, 0) is 19.4 Å². The van der Waals surface area contributed by atoms with Gasteiger partial charge in [-0.3, -0.25) is 9.59 Å². The summed E-state index contributed by atoms with van der Waals surface area (Å²) in [5.74, 6) is 0.210. The van der Waals surface area contributed by atoms with Crippen LogP contribution in [0.15, 0.2) is 40.9 Å². The van der Waals surface area contributed by atoms with Gasteiger partial charge in [0.25, 0.3) is 5.91 Å². The van der Waals surface area contributed by atoms with Gasteiger partial charge in [0.1, 0.15) is 5.76 Å². The van der Waals surface area contributed by atoms with Gasteiger partial charge in [-0.2, -0.15) is 0 Å². The second kappa shape index (κ2) is 6.24. The molecule has 120 valence electrons. The van der Waals surface area contributed by atoms with Crippen molar-refractivity contribution in [2.45, 2.75) is 19.9 Å². The molecule has 6 nitrogen and oxygen atoms in total. The van der Waals surface area contributed by atoms with Gasteiger partial charge >= 0.3 is 0 Å². The largest absolute Gasteiger partial charge is 0.361 e. The average Bonchev–Trinajstić information content (AvgIpc) is 2.93. The number of likely N-dealkylation sites (tertiary alicyclic amines) is 1. The second-order valence-electron chi connectivity index (χ2n) is 5.87. The first kappa shape index (κ1) is 15.3. The Morgan fingerprint density at radius 2 is 2.00 bits per heavy atom. The van der Waals surface area contributed by atoms with Crippen LogP contribution in [0.4, 0.5) is 0 Å². The number of rotatable bonds is 4. The zero-order chi connectivity index (χ0) is 16.4. The molecule has 1 atom stereocenters. The monoisotopic (exact) mass is 313 g/mol. The van der Waals surface area contributed by atoms with E-state index in [9.17, 15) is 9.59 Å². The predicted molar refractivity (Wildman–Crippen MR) is 83.6 cm³/mol. The minimum absolute atomic E-state index is 0.0262. The minimum atomic E-state index is -0.193. The molecule has 2 aromatic rings. The molecule has 0 radical (unpaired) electrons. The number of hydrogen-bond acceptors (Lipinski definition) is 4. The predicted octanol–water partition coefficient (Wildman–Crippen LogP) is 1.93. The summed E-state index contributed by atoms with van der Waals surface area (Å²) in [4.78, 5) is 26.0. The summed E-state index contributed by atoms with van der Waals surface area (Å²) in [7, 11) is 0. The van der Waals surface area contributed by atoms with Crippen molar-refractivity contribution < 1.29 is 14.1 Å². The quantitative estimate of drug-likeness (QED) is 0.936. The van der Waals surface area contributed by atoms with E-state index in [1.807, 2.05) is 37.3 Å². The molecule has 3 rings (SSSR count). The molecular formula is C17H19N3O3. The Morgan fingerprint density at radius 3 is 2.61 bits per heavy atom. The maximum atomic E-state index is 12.2. The highest BCUT2D eigenvalue weighted by Gasteiger charge is 2.37. The number of nitrogens with zero attached hydrogens (tertiary/aromatic N) is 2. The summed E-state index contributed by atoms with van der Waals surface area (Å²) in [6.45, 7) is 4.52. The molecule has 1 aliphatic rings. The van der Waals surface area contributed by atoms with E-state index in [1.165, 1.54) is 0 Å². The van der Waals surface area contributed by atoms with Crippen LogP contribution in [0.3, 0.4) is 0 Å². The number of nitrogens with one attached hydrogen (secondary N) is 1. The topological polar surface area (TPSA) is 75.4 Å². The lowest BCUT2D eigenvalue weighted by Crippen LogP contribution is -2.56. The van der Waals surface area contributed by atoms with Crippen LogP contribution in [0.2, 0.25) is 0 Å². The van der Waals surface area contributed by atoms with E-state index in [0.717, 1.165) is 5.56 Å². The summed E-state index contributed by atoms with van der Waals surface area (Å²) in [5.41, 5.74) is 1.35. The zero-order valence-corrected chi connectivity index (χ0v) is 13.2. The molecular weight excluding hydrogens is 294 g/mol. The lowest BCUT2D eigenvalue weighted by atomic mass is 9.97. The molecule has 1 saturated heterocycles. The Hall–Kier alpha value is -2.63. The molecule has 1 unspecified atom stereocenters. The Bertz CT molecular complexity index is 705. The molecule has 1 aromatic heterocycles. The van der Waals surface area contributed by atoms with Crippen LogP contribution >= 0.6 is 0 Å². The van der Waals surface area contributed by atoms with Crippen LogP contribution in [-0.2, 0) is 4.79 Å². The lowest BCUT2D eigenvalue weighted by molar-refractivity contribution is -0.129. The van der Waals surface area contributed by atoms with Crippen molar-refractivity contribution in [1.29, 1.82) is 0 Å². The van der Waals surface area contributed by atoms with E-state index in [-0.39, 0.29) is 23.8 Å². The molecule has 0 spiro atoms. The van der Waals surface area contributed by atoms with Crippen molar-refractivity contribution >= 4 is 11.8 Å². The molecule has 23 heavy (non-hydrogen) atoms. The van der Waals surface area contributed by atoms with Crippen LogP contribution in [0.5, 0.6) is 0 Å². The zero-order valence-electron chi connectivity index (χ0n) is 13.2. The van der Waals surface area contributed by atoms with E-state index < -0.39 is 0 Å². The molecule has 1 fully saturated rings. The fourth-order valence-electron chi connectivity index (χ4n) is 2.60. The Morgan fingerprint density at radius 1 is 1.30 bits per heavy atom. The van der Waals surface area contributed by atoms with Crippen molar-refractivity contribution in [1.82, 2.24) is 15.4 Å². The number of amides is 2. The number of benzene rings is 1. The third-order valence-corrected chi connectivity index (χ3v) is 4.04. The van der Waals surface area contributed by atoms with Gasteiger partial charge in [0.2, 0.25) is 5.91 Å². The molecule has 1 aromatic carbocycles. The number of carbonyl (C=O) groups excluding carboxylic acids is 2. The third kappa shape index (κ3) is 3.26. The number of aryl methyl sites for hydroxylation is 1. The molecule has 0 saturated carbocycles. The summed E-state index contributed by atoms with van der Waals surface area (Å²) < 4.78 is 4.90. The molecule has 2 amide bonds. The maximum absolute atomic E-state index is 12.2. The summed E-state index contributed by atoms with van der Waals surface area (Å²) in [6, 6.07) is 11.4. The van der Waals surface area contributed by atoms with Crippen LogP contribution in [0, 0.1) is 12.8 Å². The molecule has 0 bridgehead atoms. The summed E-state index contributed by atoms with van der Waals surface area (Å²) in [5, 5.41) is 6.70. The number of aromatic nitrogens is 1. The number of hydrogen-bond donors (Lipinski definition) is 1. The van der Waals surface area contributed by atoms with Crippen LogP contribution < -0.4 is 5.32 Å². The van der Waals surface area contributed by atoms with Gasteiger partial charge in [-0.1, -0.05) is 35.5 Å². The van der Waals surface area contributed by atoms with E-state index in [2.05, 4.69) is 10.5 Å². The summed E-state index contributed by atoms with van der Waals surface area (Å²) >= 11 is 0. The number of carbonyl (C=O) groups is 2. The van der Waals surface area contributed by atoms with Crippen molar-refractivity contribution in [2.24, 2.45) is 5.92 Å². The normalized spacial score (nSPS) is 15.8. The summed E-state index contributed by atoms with van der Waals surface area (Å²) in [6.07, 6.45) is 0. The minimum Gasteiger partial charge on any atom is -0.361 e. The highest BCUT2D eigenvalue weighted by molar-refractivity contribution is 5.94. The van der Waals surface area contributed by atoms with E-state index in [0.29, 0.717) is 24.5 Å². The first-order valence-corrected chi connectivity index (χ1v) is 7.62. The van der Waals surface area contributed by atoms with E-state index >= 15 is 0 Å². The van der Waals surface area contributed by atoms with Crippen LogP contribution in [-0.4, -0.2) is 35.0 Å². The van der Waals surface area contributed by atoms with Crippen LogP contribution in [0.25, 0.3) is 0 Å². The van der Waals surface area contributed by atoms with Gasteiger partial charge in [0.15, 0.2) is 5.69 Å². The molecule has 6 heteroatoms. The van der Waals surface area contributed by atoms with Gasteiger partial charge in [0, 0.05) is 19.2 Å². The van der Waals surface area contributed by atoms with Crippen LogP contribution in [0.1, 0.15) is 34.8 Å². The fourth-order valence-corrected chi connectivity index (χ4v) is 2.60. The van der Waals surface area contributed by atoms with Gasteiger partial charge in [0.05, 0.1) is 12.0 Å². The SMILES string of the molecule is Cc1cc(C(=O)N2CC(C(=O)NC(C)c3ccccc3)C2)no1. The van der Waals surface area contributed by atoms with Gasteiger partial charge in [-0.25, -0.2) is 0 Å². The molecule has 0 aliphatic carbocycles. The molecule has 2 heterocycles. The third-order valence-electron chi connectivity index (χ3n) is 4.04. The van der Waals surface area contributed by atoms with Crippen molar-refractivity contribution in [2.75, 3.05) is 13.1 Å². The van der Waals surface area contributed by atoms with Gasteiger partial charge < -0.3 is 14.7 Å². The maximum Gasteiger partial charge on any atom is 0.276 e. The Balaban J connectivity index is 1.51. The first-order valence-electron chi connectivity index (χ1n) is 7.62. The van der Waals surface area contributed by atoms with Gasteiger partial charge in [-0.15, -0.1) is 0 Å². The van der Waals surface area contributed by atoms with E-state index in [1.54, 1.807) is 17.9 Å².